The molecule has 0 bridgehead atoms. The van der Waals surface area contributed by atoms with Crippen LogP contribution in [-0.2, 0) is 4.79 Å². The Labute approximate surface area is 140 Å². The number of hydrogen-bond donors (Lipinski definition) is 1. The maximum atomic E-state index is 11.5. The maximum Gasteiger partial charge on any atom is 0.219 e. The van der Waals surface area contributed by atoms with Gasteiger partial charge in [-0.3, -0.25) is 14.6 Å². The van der Waals surface area contributed by atoms with Gasteiger partial charge in [-0.1, -0.05) is 26.2 Å². The quantitative estimate of drug-likeness (QED) is 0.847. The van der Waals surface area contributed by atoms with Gasteiger partial charge in [0.05, 0.1) is 5.60 Å². The number of carbonyl (C=O) groups is 1. The zero-order valence-corrected chi connectivity index (χ0v) is 14.8. The topological polar surface area (TPSA) is 47.0 Å². The van der Waals surface area contributed by atoms with E-state index < -0.39 is 5.60 Å². The molecule has 1 amide bonds. The number of carbonyl (C=O) groups excluding carboxylic acids is 1. The van der Waals surface area contributed by atoms with Crippen LogP contribution in [0.5, 0.6) is 0 Å². The summed E-state index contributed by atoms with van der Waals surface area (Å²) in [4.78, 5) is 18.5. The Morgan fingerprint density at radius 2 is 1.74 bits per heavy atom. The third-order valence-electron chi connectivity index (χ3n) is 6.18. The first kappa shape index (κ1) is 17.2. The zero-order chi connectivity index (χ0) is 16.4. The molecular weight excluding hydrogens is 290 g/mol. The van der Waals surface area contributed by atoms with Crippen LogP contribution in [-0.4, -0.2) is 83.2 Å². The van der Waals surface area contributed by atoms with Crippen LogP contribution in [0.25, 0.3) is 0 Å². The zero-order valence-electron chi connectivity index (χ0n) is 14.8. The molecule has 0 spiro atoms. The second kappa shape index (κ2) is 7.08. The molecule has 0 unspecified atom stereocenters. The molecule has 1 aliphatic carbocycles. The summed E-state index contributed by atoms with van der Waals surface area (Å²) in [5, 5.41) is 10.8. The molecule has 0 aromatic heterocycles. The number of amides is 1. The molecule has 0 radical (unpaired) electrons. The van der Waals surface area contributed by atoms with Gasteiger partial charge in [0.1, 0.15) is 0 Å². The lowest BCUT2D eigenvalue weighted by Gasteiger charge is -2.39. The Bertz CT molecular complexity index is 414. The molecule has 1 N–H and O–H groups in total. The highest BCUT2D eigenvalue weighted by atomic mass is 16.3. The highest BCUT2D eigenvalue weighted by Gasteiger charge is 2.39. The van der Waals surface area contributed by atoms with Gasteiger partial charge in [-0.15, -0.1) is 0 Å². The summed E-state index contributed by atoms with van der Waals surface area (Å²) in [5.74, 6) is 0.844. The second-order valence-corrected chi connectivity index (χ2v) is 8.07. The Hall–Kier alpha value is -0.650. The fourth-order valence-corrected chi connectivity index (χ4v) is 4.81. The van der Waals surface area contributed by atoms with E-state index in [-0.39, 0.29) is 5.91 Å². The summed E-state index contributed by atoms with van der Waals surface area (Å²) in [6.07, 6.45) is 5.58. The normalized spacial score (nSPS) is 33.1. The fraction of sp³-hybridized carbons (Fsp3) is 0.944. The Balaban J connectivity index is 1.51. The molecule has 2 aliphatic heterocycles. The summed E-state index contributed by atoms with van der Waals surface area (Å²) in [5.41, 5.74) is -0.444. The number of hydrogen-bond acceptors (Lipinski definition) is 4. The number of likely N-dealkylation sites (tertiary alicyclic amines) is 1. The predicted molar refractivity (Wildman–Crippen MR) is 91.3 cm³/mol. The predicted octanol–water partition coefficient (Wildman–Crippen LogP) is 1.17. The van der Waals surface area contributed by atoms with Crippen LogP contribution < -0.4 is 0 Å². The van der Waals surface area contributed by atoms with E-state index in [1.54, 1.807) is 6.92 Å². The van der Waals surface area contributed by atoms with Gasteiger partial charge in [-0.05, 0) is 18.8 Å². The molecule has 5 nitrogen and oxygen atoms in total. The minimum absolute atomic E-state index is 0.199. The van der Waals surface area contributed by atoms with Gasteiger partial charge in [0.2, 0.25) is 5.91 Å². The van der Waals surface area contributed by atoms with Crippen molar-refractivity contribution >= 4 is 5.91 Å². The van der Waals surface area contributed by atoms with Crippen molar-refractivity contribution in [3.63, 3.8) is 0 Å². The van der Waals surface area contributed by atoms with E-state index in [1.165, 1.54) is 19.3 Å². The first-order chi connectivity index (χ1) is 11.0. The van der Waals surface area contributed by atoms with Crippen molar-refractivity contribution in [1.82, 2.24) is 14.7 Å². The van der Waals surface area contributed by atoms with E-state index in [1.807, 2.05) is 4.90 Å². The molecule has 1 saturated carbocycles. The van der Waals surface area contributed by atoms with E-state index in [2.05, 4.69) is 16.7 Å². The van der Waals surface area contributed by atoms with E-state index in [9.17, 15) is 9.90 Å². The number of β-amino-alcohol motifs (C(OH)–C–C–N with tert-alkyl or cyclic N) is 1. The van der Waals surface area contributed by atoms with Crippen LogP contribution >= 0.6 is 0 Å². The number of piperazine rings is 1. The number of nitrogens with zero attached hydrogens (tertiary/aromatic N) is 3. The summed E-state index contributed by atoms with van der Waals surface area (Å²) in [6.45, 7) is 10.7. The van der Waals surface area contributed by atoms with Crippen LogP contribution in [0, 0.1) is 5.92 Å². The number of aliphatic hydroxyl groups is 1. The van der Waals surface area contributed by atoms with Gasteiger partial charge in [-0.2, -0.15) is 0 Å². The van der Waals surface area contributed by atoms with Crippen LogP contribution in [0.15, 0.2) is 0 Å². The van der Waals surface area contributed by atoms with Crippen LogP contribution in [0.4, 0.5) is 0 Å². The molecule has 2 atom stereocenters. The Morgan fingerprint density at radius 1 is 1.09 bits per heavy atom. The molecule has 23 heavy (non-hydrogen) atoms. The lowest BCUT2D eigenvalue weighted by molar-refractivity contribution is -0.130. The molecule has 2 saturated heterocycles. The van der Waals surface area contributed by atoms with Gasteiger partial charge in [0, 0.05) is 58.8 Å². The van der Waals surface area contributed by atoms with Crippen molar-refractivity contribution < 1.29 is 9.90 Å². The van der Waals surface area contributed by atoms with Crippen LogP contribution in [0.2, 0.25) is 0 Å². The van der Waals surface area contributed by atoms with Crippen molar-refractivity contribution in [1.29, 1.82) is 0 Å². The van der Waals surface area contributed by atoms with Gasteiger partial charge >= 0.3 is 0 Å². The van der Waals surface area contributed by atoms with Crippen LogP contribution in [0.1, 0.15) is 46.0 Å². The first-order valence-corrected chi connectivity index (χ1v) is 9.41. The molecule has 132 valence electrons. The summed E-state index contributed by atoms with van der Waals surface area (Å²) in [7, 11) is 0. The largest absolute Gasteiger partial charge is 0.389 e. The molecule has 3 aliphatic rings. The first-order valence-electron chi connectivity index (χ1n) is 9.41. The highest BCUT2D eigenvalue weighted by molar-refractivity contribution is 5.73. The van der Waals surface area contributed by atoms with E-state index in [4.69, 9.17) is 0 Å². The van der Waals surface area contributed by atoms with Gasteiger partial charge < -0.3 is 10.0 Å². The lowest BCUT2D eigenvalue weighted by atomic mass is 9.84. The van der Waals surface area contributed by atoms with Gasteiger partial charge in [-0.25, -0.2) is 0 Å². The minimum atomic E-state index is -0.444. The van der Waals surface area contributed by atoms with Crippen molar-refractivity contribution in [3.8, 4) is 0 Å². The second-order valence-electron chi connectivity index (χ2n) is 8.07. The van der Waals surface area contributed by atoms with Gasteiger partial charge in [0.25, 0.3) is 0 Å². The standard InChI is InChI=1S/C18H33N3O2/c1-15-12-19(14-18(23)6-4-3-5-7-18)13-17(15)21-10-8-20(9-11-21)16(2)22/h15,17,23H,3-14H2,1-2H3/t15-,17+/m1/s1. The highest BCUT2D eigenvalue weighted by Crippen LogP contribution is 2.31. The van der Waals surface area contributed by atoms with E-state index >= 15 is 0 Å². The summed E-state index contributed by atoms with van der Waals surface area (Å²) >= 11 is 0. The Kier molecular flexibility index (Phi) is 5.29. The molecule has 2 heterocycles. The SMILES string of the molecule is CC(=O)N1CCN([C@H]2CN(CC3(O)CCCCC3)C[C@H]2C)CC1. The maximum absolute atomic E-state index is 11.5. The molecule has 0 aromatic carbocycles. The Morgan fingerprint density at radius 3 is 2.35 bits per heavy atom. The average molecular weight is 323 g/mol. The monoisotopic (exact) mass is 323 g/mol. The molecule has 0 aromatic rings. The minimum Gasteiger partial charge on any atom is -0.389 e. The van der Waals surface area contributed by atoms with Crippen molar-refractivity contribution in [3.05, 3.63) is 0 Å². The summed E-state index contributed by atoms with van der Waals surface area (Å²) in [6, 6.07) is 0.580. The third-order valence-corrected chi connectivity index (χ3v) is 6.18. The van der Waals surface area contributed by atoms with Gasteiger partial charge in [0.15, 0.2) is 0 Å². The van der Waals surface area contributed by atoms with Crippen LogP contribution in [0.3, 0.4) is 0 Å². The molecule has 3 fully saturated rings. The summed E-state index contributed by atoms with van der Waals surface area (Å²) < 4.78 is 0. The van der Waals surface area contributed by atoms with E-state index in [0.717, 1.165) is 58.7 Å². The van der Waals surface area contributed by atoms with Crippen molar-refractivity contribution in [2.24, 2.45) is 5.92 Å². The smallest absolute Gasteiger partial charge is 0.219 e. The third kappa shape index (κ3) is 4.06. The van der Waals surface area contributed by atoms with Crippen molar-refractivity contribution in [2.75, 3.05) is 45.8 Å². The molecular formula is C18H33N3O2. The average Bonchev–Trinajstić information content (AvgIpc) is 2.87. The molecule has 5 heteroatoms. The lowest BCUT2D eigenvalue weighted by Crippen LogP contribution is -2.53. The van der Waals surface area contributed by atoms with E-state index in [0.29, 0.717) is 12.0 Å². The molecule has 3 rings (SSSR count). The number of rotatable bonds is 3. The van der Waals surface area contributed by atoms with Crippen molar-refractivity contribution in [2.45, 2.75) is 57.6 Å². The fourth-order valence-electron chi connectivity index (χ4n) is 4.81.